The highest BCUT2D eigenvalue weighted by Gasteiger charge is 2.69. The van der Waals surface area contributed by atoms with Crippen LogP contribution in [0.3, 0.4) is 0 Å². The van der Waals surface area contributed by atoms with Crippen LogP contribution < -0.4 is 0 Å². The maximum atomic E-state index is 13.4. The van der Waals surface area contributed by atoms with Crippen molar-refractivity contribution >= 4 is 11.8 Å². The van der Waals surface area contributed by atoms with Crippen LogP contribution in [0, 0.1) is 28.6 Å². The van der Waals surface area contributed by atoms with E-state index in [9.17, 15) is 35.1 Å². The molecule has 0 aromatic rings. The molecule has 10 atom stereocenters. The Morgan fingerprint density at radius 1 is 1.11 bits per heavy atom. The number of hydrogen-bond donors (Lipinski definition) is 5. The van der Waals surface area contributed by atoms with Crippen molar-refractivity contribution in [2.75, 3.05) is 0 Å². The second-order valence-corrected chi connectivity index (χ2v) is 13.8. The molecule has 210 valence electrons. The number of aliphatic hydroxyl groups excluding tert-OH is 2. The van der Waals surface area contributed by atoms with E-state index in [1.807, 2.05) is 13.8 Å². The number of carbonyl (C=O) groups excluding carboxylic acids is 2. The van der Waals surface area contributed by atoms with Gasteiger partial charge in [0.2, 0.25) is 0 Å². The Kier molecular flexibility index (Phi) is 7.07. The summed E-state index contributed by atoms with van der Waals surface area (Å²) in [5.41, 5.74) is -4.45. The maximum absolute atomic E-state index is 13.4. The molecule has 8 nitrogen and oxygen atoms in total. The molecule has 0 aromatic carbocycles. The molecule has 3 saturated carbocycles. The van der Waals surface area contributed by atoms with Crippen molar-refractivity contribution in [3.8, 4) is 0 Å². The average Bonchev–Trinajstić information content (AvgIpc) is 3.04. The first-order valence-corrected chi connectivity index (χ1v) is 13.8. The molecule has 4 rings (SSSR count). The van der Waals surface area contributed by atoms with Gasteiger partial charge in [-0.25, -0.2) is 0 Å². The van der Waals surface area contributed by atoms with E-state index in [1.54, 1.807) is 26.8 Å². The number of aliphatic hydroxyl groups is 5. The fraction of sp³-hybridized carbons (Fsp3) is 0.862. The van der Waals surface area contributed by atoms with Crippen molar-refractivity contribution in [3.63, 3.8) is 0 Å². The van der Waals surface area contributed by atoms with Crippen LogP contribution in [0.4, 0.5) is 0 Å². The van der Waals surface area contributed by atoms with Gasteiger partial charge in [-0.1, -0.05) is 13.8 Å². The fourth-order valence-corrected chi connectivity index (χ4v) is 8.69. The summed E-state index contributed by atoms with van der Waals surface area (Å²) < 4.78 is 5.61. The molecular formula is C29H46O8. The van der Waals surface area contributed by atoms with Crippen LogP contribution in [-0.4, -0.2) is 72.4 Å². The minimum absolute atomic E-state index is 0.112. The highest BCUT2D eigenvalue weighted by atomic mass is 16.6. The lowest BCUT2D eigenvalue weighted by atomic mass is 9.45. The Morgan fingerprint density at radius 3 is 2.35 bits per heavy atom. The standard InChI is InChI=1S/C29H46O8/c1-16(30)37-24(9-10-25(2,3)34)28(6,35)23-8-12-29(36)18-13-20(31)19-14-21(32)22(33)15-26(19,4)17(18)7-11-27(23,29)5/h13,17,19,21-24,32-36H,7-12,14-15H2,1-6H3/t17-,19-,21+,22-,23-,24?,26+,27+,28+,29+/m0/s1. The summed E-state index contributed by atoms with van der Waals surface area (Å²) in [6.07, 6.45) is 2.13. The van der Waals surface area contributed by atoms with E-state index in [0.29, 0.717) is 44.1 Å². The van der Waals surface area contributed by atoms with Gasteiger partial charge in [0.05, 0.1) is 23.4 Å². The smallest absolute Gasteiger partial charge is 0.303 e. The molecule has 0 aromatic heterocycles. The van der Waals surface area contributed by atoms with Gasteiger partial charge in [-0.2, -0.15) is 0 Å². The largest absolute Gasteiger partial charge is 0.459 e. The van der Waals surface area contributed by atoms with Crippen molar-refractivity contribution in [2.24, 2.45) is 28.6 Å². The van der Waals surface area contributed by atoms with E-state index in [4.69, 9.17) is 4.74 Å². The predicted molar refractivity (Wildman–Crippen MR) is 136 cm³/mol. The second kappa shape index (κ2) is 9.12. The molecule has 0 bridgehead atoms. The first kappa shape index (κ1) is 28.7. The minimum Gasteiger partial charge on any atom is -0.459 e. The van der Waals surface area contributed by atoms with Crippen LogP contribution in [0.25, 0.3) is 0 Å². The number of carbonyl (C=O) groups is 2. The van der Waals surface area contributed by atoms with Crippen molar-refractivity contribution in [3.05, 3.63) is 11.6 Å². The van der Waals surface area contributed by atoms with E-state index in [1.165, 1.54) is 6.92 Å². The number of ether oxygens (including phenoxy) is 1. The van der Waals surface area contributed by atoms with Gasteiger partial charge >= 0.3 is 5.97 Å². The first-order chi connectivity index (χ1) is 16.9. The number of rotatable bonds is 6. The summed E-state index contributed by atoms with van der Waals surface area (Å²) in [7, 11) is 0. The second-order valence-electron chi connectivity index (χ2n) is 13.8. The van der Waals surface area contributed by atoms with Crippen LogP contribution in [0.15, 0.2) is 11.6 Å². The van der Waals surface area contributed by atoms with Gasteiger partial charge in [0.25, 0.3) is 0 Å². The Hall–Kier alpha value is -1.32. The molecule has 4 aliphatic carbocycles. The number of esters is 1. The van der Waals surface area contributed by atoms with Crippen LogP contribution in [0.2, 0.25) is 0 Å². The molecule has 37 heavy (non-hydrogen) atoms. The third kappa shape index (κ3) is 4.50. The lowest BCUT2D eigenvalue weighted by Gasteiger charge is -2.60. The molecule has 0 aliphatic heterocycles. The highest BCUT2D eigenvalue weighted by Crippen LogP contribution is 2.68. The third-order valence-electron chi connectivity index (χ3n) is 10.8. The molecule has 4 aliphatic rings. The normalized spacial score (nSPS) is 44.1. The van der Waals surface area contributed by atoms with E-state index >= 15 is 0 Å². The minimum atomic E-state index is -1.47. The third-order valence-corrected chi connectivity index (χ3v) is 10.8. The fourth-order valence-electron chi connectivity index (χ4n) is 8.69. The van der Waals surface area contributed by atoms with Crippen LogP contribution >= 0.6 is 0 Å². The van der Waals surface area contributed by atoms with Gasteiger partial charge < -0.3 is 30.3 Å². The SMILES string of the molecule is CC(=O)OC(CCC(C)(C)O)[C@](C)(O)[C@H]1CC[C@@]2(O)C3=CC(=O)[C@@H]4C[C@@H](O)[C@@H](O)C[C@]4(C)[C@H]3CC[C@]12C. The summed E-state index contributed by atoms with van der Waals surface area (Å²) in [4.78, 5) is 25.3. The zero-order valence-electron chi connectivity index (χ0n) is 23.2. The number of hydrogen-bond acceptors (Lipinski definition) is 8. The summed E-state index contributed by atoms with van der Waals surface area (Å²) in [5, 5.41) is 55.4. The molecule has 0 spiro atoms. The molecule has 0 saturated heterocycles. The topological polar surface area (TPSA) is 145 Å². The highest BCUT2D eigenvalue weighted by molar-refractivity contribution is 5.95. The van der Waals surface area contributed by atoms with E-state index in [0.717, 1.165) is 0 Å². The van der Waals surface area contributed by atoms with E-state index < -0.39 is 63.8 Å². The summed E-state index contributed by atoms with van der Waals surface area (Å²) in [5.74, 6) is -1.56. The number of fused-ring (bicyclic) bond motifs is 5. The van der Waals surface area contributed by atoms with Crippen molar-refractivity contribution in [1.82, 2.24) is 0 Å². The van der Waals surface area contributed by atoms with Crippen molar-refractivity contribution in [1.29, 1.82) is 0 Å². The zero-order valence-corrected chi connectivity index (χ0v) is 23.2. The van der Waals surface area contributed by atoms with Crippen LogP contribution in [0.5, 0.6) is 0 Å². The first-order valence-electron chi connectivity index (χ1n) is 13.8. The summed E-state index contributed by atoms with van der Waals surface area (Å²) in [6, 6.07) is 0. The molecule has 0 radical (unpaired) electrons. The van der Waals surface area contributed by atoms with Gasteiger partial charge in [-0.3, -0.25) is 9.59 Å². The zero-order chi connectivity index (χ0) is 27.8. The summed E-state index contributed by atoms with van der Waals surface area (Å²) in [6.45, 7) is 10.3. The molecule has 3 fully saturated rings. The van der Waals surface area contributed by atoms with Crippen LogP contribution in [-0.2, 0) is 14.3 Å². The molecule has 1 unspecified atom stereocenters. The predicted octanol–water partition coefficient (Wildman–Crippen LogP) is 2.42. The van der Waals surface area contributed by atoms with Gasteiger partial charge in [-0.05, 0) is 101 Å². The van der Waals surface area contributed by atoms with Gasteiger partial charge in [0.15, 0.2) is 5.78 Å². The molecule has 5 N–H and O–H groups in total. The quantitative estimate of drug-likeness (QED) is 0.335. The average molecular weight is 523 g/mol. The molecular weight excluding hydrogens is 476 g/mol. The Bertz CT molecular complexity index is 965. The lowest BCUT2D eigenvalue weighted by molar-refractivity contribution is -0.192. The monoisotopic (exact) mass is 522 g/mol. The van der Waals surface area contributed by atoms with Crippen molar-refractivity contribution in [2.45, 2.75) is 128 Å². The maximum Gasteiger partial charge on any atom is 0.303 e. The van der Waals surface area contributed by atoms with Gasteiger partial charge in [0, 0.05) is 18.3 Å². The van der Waals surface area contributed by atoms with Crippen LogP contribution in [0.1, 0.15) is 92.9 Å². The van der Waals surface area contributed by atoms with Crippen molar-refractivity contribution < 1.29 is 39.9 Å². The number of ketones is 1. The number of allylic oxidation sites excluding steroid dienone is 1. The Morgan fingerprint density at radius 2 is 1.76 bits per heavy atom. The Labute approximate surface area is 220 Å². The Balaban J connectivity index is 1.69. The van der Waals surface area contributed by atoms with Gasteiger partial charge in [0.1, 0.15) is 11.7 Å². The lowest BCUT2D eigenvalue weighted by Crippen LogP contribution is -2.63. The molecule has 8 heteroatoms. The molecule has 0 heterocycles. The van der Waals surface area contributed by atoms with Gasteiger partial charge in [-0.15, -0.1) is 0 Å². The van der Waals surface area contributed by atoms with E-state index in [-0.39, 0.29) is 24.5 Å². The molecule has 0 amide bonds. The summed E-state index contributed by atoms with van der Waals surface area (Å²) >= 11 is 0. The van der Waals surface area contributed by atoms with E-state index in [2.05, 4.69) is 0 Å².